The molecular formula is C8H17FeNO3. The molecule has 0 heterocycles. The number of carboxylic acid groups (broad SMARTS) is 1. The molecule has 0 radical (unpaired) electrons. The Morgan fingerprint density at radius 1 is 1.15 bits per heavy atom. The molecule has 3 N–H and O–H groups in total. The Labute approximate surface area is 89.4 Å². The molecule has 4 nitrogen and oxygen atoms in total. The van der Waals surface area contributed by atoms with Crippen LogP contribution < -0.4 is 5.73 Å². The molecule has 0 aliphatic carbocycles. The summed E-state index contributed by atoms with van der Waals surface area (Å²) in [5, 5.41) is 8.25. The minimum atomic E-state index is -0.701. The topological polar surface area (TPSA) is 80.4 Å². The Balaban J connectivity index is -0.000000309. The third-order valence-electron chi connectivity index (χ3n) is 1.34. The van der Waals surface area contributed by atoms with Gasteiger partial charge in [0.05, 0.1) is 0 Å². The van der Waals surface area contributed by atoms with Crippen molar-refractivity contribution in [3.8, 4) is 0 Å². The second-order valence-electron chi connectivity index (χ2n) is 2.35. The number of carbonyl (C=O) groups is 2. The molecule has 0 bridgehead atoms. The first-order valence-corrected chi connectivity index (χ1v) is 3.98. The van der Waals surface area contributed by atoms with Crippen molar-refractivity contribution in [2.24, 2.45) is 5.73 Å². The number of rotatable bonds is 6. The van der Waals surface area contributed by atoms with E-state index in [1.165, 1.54) is 0 Å². The van der Waals surface area contributed by atoms with Gasteiger partial charge in [0.2, 0.25) is 0 Å². The molecule has 0 aromatic rings. The van der Waals surface area contributed by atoms with Crippen molar-refractivity contribution in [3.05, 3.63) is 0 Å². The first-order chi connectivity index (χ1) is 5.77. The van der Waals surface area contributed by atoms with E-state index in [1.54, 1.807) is 0 Å². The molecule has 0 unspecified atom stereocenters. The van der Waals surface area contributed by atoms with Crippen molar-refractivity contribution in [2.75, 3.05) is 6.54 Å². The third-order valence-corrected chi connectivity index (χ3v) is 1.34. The molecular weight excluding hydrogens is 214 g/mol. The number of hydrogen-bond acceptors (Lipinski definition) is 3. The number of aliphatic carboxylic acids is 1. The maximum absolute atomic E-state index is 10.0. The minimum absolute atomic E-state index is 0. The SMILES string of the molecule is C=O.NCCCCCCC(=O)O.[Fe]. The van der Waals surface area contributed by atoms with Crippen LogP contribution in [0.25, 0.3) is 0 Å². The molecule has 80 valence electrons. The molecule has 0 amide bonds. The summed E-state index contributed by atoms with van der Waals surface area (Å²) in [7, 11) is 0. The van der Waals surface area contributed by atoms with E-state index in [0.29, 0.717) is 13.0 Å². The van der Waals surface area contributed by atoms with E-state index in [2.05, 4.69) is 0 Å². The maximum Gasteiger partial charge on any atom is 0.303 e. The van der Waals surface area contributed by atoms with Crippen LogP contribution in [0.2, 0.25) is 0 Å². The quantitative estimate of drug-likeness (QED) is 0.523. The summed E-state index contributed by atoms with van der Waals surface area (Å²) in [5.41, 5.74) is 5.25. The molecule has 0 aromatic heterocycles. The summed E-state index contributed by atoms with van der Waals surface area (Å²) >= 11 is 0. The van der Waals surface area contributed by atoms with Crippen molar-refractivity contribution in [2.45, 2.75) is 32.1 Å². The summed E-state index contributed by atoms with van der Waals surface area (Å²) in [6, 6.07) is 0. The van der Waals surface area contributed by atoms with Crippen LogP contribution in [0.4, 0.5) is 0 Å². The molecule has 0 atom stereocenters. The van der Waals surface area contributed by atoms with Crippen LogP contribution in [0, 0.1) is 0 Å². The van der Waals surface area contributed by atoms with Gasteiger partial charge in [0.1, 0.15) is 6.79 Å². The Kier molecular flexibility index (Phi) is 25.0. The molecule has 0 aliphatic rings. The van der Waals surface area contributed by atoms with Gasteiger partial charge >= 0.3 is 5.97 Å². The van der Waals surface area contributed by atoms with Gasteiger partial charge in [-0.1, -0.05) is 12.8 Å². The fourth-order valence-corrected chi connectivity index (χ4v) is 0.774. The van der Waals surface area contributed by atoms with Gasteiger partial charge in [-0.15, -0.1) is 0 Å². The minimum Gasteiger partial charge on any atom is -0.481 e. The van der Waals surface area contributed by atoms with Crippen molar-refractivity contribution in [1.82, 2.24) is 0 Å². The first-order valence-electron chi connectivity index (χ1n) is 3.98. The normalized spacial score (nSPS) is 7.77. The second-order valence-corrected chi connectivity index (χ2v) is 2.35. The second kappa shape index (κ2) is 17.6. The van der Waals surface area contributed by atoms with Gasteiger partial charge < -0.3 is 15.6 Å². The van der Waals surface area contributed by atoms with Crippen LogP contribution in [0.1, 0.15) is 32.1 Å². The average molecular weight is 231 g/mol. The van der Waals surface area contributed by atoms with Gasteiger partial charge in [0.25, 0.3) is 0 Å². The van der Waals surface area contributed by atoms with Gasteiger partial charge in [-0.3, -0.25) is 4.79 Å². The molecule has 0 aromatic carbocycles. The summed E-state index contributed by atoms with van der Waals surface area (Å²) < 4.78 is 0. The molecule has 13 heavy (non-hydrogen) atoms. The molecule has 0 saturated heterocycles. The fraction of sp³-hybridized carbons (Fsp3) is 0.750. The molecule has 0 saturated carbocycles. The zero-order valence-electron chi connectivity index (χ0n) is 7.64. The van der Waals surface area contributed by atoms with E-state index in [-0.39, 0.29) is 17.1 Å². The van der Waals surface area contributed by atoms with Crippen LogP contribution in [0.5, 0.6) is 0 Å². The summed E-state index contributed by atoms with van der Waals surface area (Å²) in [5.74, 6) is -0.701. The molecule has 0 spiro atoms. The van der Waals surface area contributed by atoms with E-state index in [9.17, 15) is 4.79 Å². The van der Waals surface area contributed by atoms with Gasteiger partial charge in [0, 0.05) is 23.5 Å². The van der Waals surface area contributed by atoms with E-state index < -0.39 is 5.97 Å². The molecule has 0 rings (SSSR count). The summed E-state index contributed by atoms with van der Waals surface area (Å²) in [4.78, 5) is 18.0. The number of carboxylic acids is 1. The zero-order valence-corrected chi connectivity index (χ0v) is 8.75. The number of nitrogens with two attached hydrogens (primary N) is 1. The van der Waals surface area contributed by atoms with Crippen LogP contribution in [-0.4, -0.2) is 24.4 Å². The van der Waals surface area contributed by atoms with Gasteiger partial charge in [-0.05, 0) is 19.4 Å². The molecule has 0 fully saturated rings. The largest absolute Gasteiger partial charge is 0.481 e. The standard InChI is InChI=1S/C7H15NO2.CH2O.Fe/c8-6-4-2-1-3-5-7(9)10;1-2;/h1-6,8H2,(H,9,10);1H2;. The Hall–Kier alpha value is -0.381. The van der Waals surface area contributed by atoms with Crippen molar-refractivity contribution in [1.29, 1.82) is 0 Å². The number of hydrogen-bond donors (Lipinski definition) is 2. The number of carbonyl (C=O) groups excluding carboxylic acids is 1. The van der Waals surface area contributed by atoms with Crippen LogP contribution >= 0.6 is 0 Å². The predicted octanol–water partition coefficient (Wildman–Crippen LogP) is 0.793. The van der Waals surface area contributed by atoms with Crippen molar-refractivity contribution >= 4 is 12.8 Å². The Bertz CT molecular complexity index is 112. The molecule has 5 heteroatoms. The summed E-state index contributed by atoms with van der Waals surface area (Å²) in [6.45, 7) is 2.72. The smallest absolute Gasteiger partial charge is 0.303 e. The first kappa shape index (κ1) is 18.4. The van der Waals surface area contributed by atoms with Crippen molar-refractivity contribution in [3.63, 3.8) is 0 Å². The van der Waals surface area contributed by atoms with Crippen LogP contribution in [-0.2, 0) is 26.7 Å². The fourth-order valence-electron chi connectivity index (χ4n) is 0.774. The third kappa shape index (κ3) is 24.5. The van der Waals surface area contributed by atoms with E-state index in [1.807, 2.05) is 6.79 Å². The van der Waals surface area contributed by atoms with Gasteiger partial charge in [-0.25, -0.2) is 0 Å². The average Bonchev–Trinajstić information content (AvgIpc) is 2.07. The zero-order chi connectivity index (χ0) is 9.82. The van der Waals surface area contributed by atoms with E-state index in [4.69, 9.17) is 15.6 Å². The maximum atomic E-state index is 10.0. The Morgan fingerprint density at radius 2 is 1.62 bits per heavy atom. The number of unbranched alkanes of at least 4 members (excludes halogenated alkanes) is 3. The monoisotopic (exact) mass is 231 g/mol. The van der Waals surface area contributed by atoms with Gasteiger partial charge in [0.15, 0.2) is 0 Å². The molecule has 0 aliphatic heterocycles. The van der Waals surface area contributed by atoms with Crippen LogP contribution in [0.3, 0.4) is 0 Å². The van der Waals surface area contributed by atoms with Gasteiger partial charge in [-0.2, -0.15) is 0 Å². The van der Waals surface area contributed by atoms with E-state index >= 15 is 0 Å². The predicted molar refractivity (Wildman–Crippen MR) is 46.9 cm³/mol. The van der Waals surface area contributed by atoms with E-state index in [0.717, 1.165) is 25.7 Å². The Morgan fingerprint density at radius 3 is 2.00 bits per heavy atom. The summed E-state index contributed by atoms with van der Waals surface area (Å²) in [6.07, 6.45) is 4.15. The van der Waals surface area contributed by atoms with Crippen molar-refractivity contribution < 1.29 is 31.8 Å². The van der Waals surface area contributed by atoms with Crippen LogP contribution in [0.15, 0.2) is 0 Å².